The predicted molar refractivity (Wildman–Crippen MR) is 115 cm³/mol. The number of benzene rings is 3. The average Bonchev–Trinajstić information content (AvgIpc) is 3.11. The first-order valence-corrected chi connectivity index (χ1v) is 9.48. The molecule has 0 amide bonds. The van der Waals surface area contributed by atoms with Crippen LogP contribution in [0.15, 0.2) is 65.1 Å². The van der Waals surface area contributed by atoms with Gasteiger partial charge >= 0.3 is 7.48 Å². The van der Waals surface area contributed by atoms with Crippen LogP contribution in [0.3, 0.4) is 0 Å². The van der Waals surface area contributed by atoms with Crippen LogP contribution in [-0.4, -0.2) is 28.8 Å². The van der Waals surface area contributed by atoms with Crippen molar-refractivity contribution in [1.29, 1.82) is 0 Å². The number of rotatable bonds is 5. The molecule has 0 atom stereocenters. The van der Waals surface area contributed by atoms with Gasteiger partial charge < -0.3 is 14.2 Å². The molecule has 28 heavy (non-hydrogen) atoms. The molecular weight excluding hydrogens is 349 g/mol. The van der Waals surface area contributed by atoms with Crippen LogP contribution in [0.5, 0.6) is 0 Å². The lowest BCUT2D eigenvalue weighted by atomic mass is 9.82. The number of aromatic nitrogens is 1. The molecule has 1 aromatic heterocycles. The van der Waals surface area contributed by atoms with E-state index in [0.717, 1.165) is 32.9 Å². The summed E-state index contributed by atoms with van der Waals surface area (Å²) in [6.45, 7) is 7.32. The third-order valence-corrected chi connectivity index (χ3v) is 5.53. The van der Waals surface area contributed by atoms with Gasteiger partial charge in [0.25, 0.3) is 0 Å². The van der Waals surface area contributed by atoms with Crippen molar-refractivity contribution in [1.82, 2.24) is 4.98 Å². The first-order chi connectivity index (χ1) is 13.2. The third kappa shape index (κ3) is 3.43. The summed E-state index contributed by atoms with van der Waals surface area (Å²) in [5.41, 5.74) is 1.99. The molecular formula is C23H24BNO3. The quantitative estimate of drug-likeness (QED) is 0.533. The van der Waals surface area contributed by atoms with Crippen LogP contribution in [0.25, 0.3) is 33.3 Å². The van der Waals surface area contributed by atoms with Crippen LogP contribution in [0.4, 0.5) is 0 Å². The molecule has 0 radical (unpaired) electrons. The van der Waals surface area contributed by atoms with Crippen LogP contribution >= 0.6 is 0 Å². The smallest absolute Gasteiger partial charge is 0.309 e. The fourth-order valence-corrected chi connectivity index (χ4v) is 2.99. The maximum Gasteiger partial charge on any atom is 0.309 e. The van der Waals surface area contributed by atoms with Gasteiger partial charge in [0.05, 0.1) is 11.2 Å². The van der Waals surface area contributed by atoms with Gasteiger partial charge in [0.1, 0.15) is 5.52 Å². The molecule has 4 nitrogen and oxygen atoms in total. The van der Waals surface area contributed by atoms with E-state index >= 15 is 0 Å². The lowest BCUT2D eigenvalue weighted by molar-refractivity contribution is -0.0893. The number of oxazole rings is 1. The van der Waals surface area contributed by atoms with Crippen molar-refractivity contribution in [2.75, 3.05) is 0 Å². The molecule has 0 bridgehead atoms. The van der Waals surface area contributed by atoms with Gasteiger partial charge in [0.2, 0.25) is 5.89 Å². The largest absolute Gasteiger partial charge is 0.435 e. The second-order valence-electron chi connectivity index (χ2n) is 8.21. The molecule has 4 aromatic rings. The van der Waals surface area contributed by atoms with Crippen molar-refractivity contribution in [3.05, 3.63) is 60.7 Å². The summed E-state index contributed by atoms with van der Waals surface area (Å²) >= 11 is 0. The zero-order valence-corrected chi connectivity index (χ0v) is 16.7. The molecule has 4 rings (SSSR count). The lowest BCUT2D eigenvalue weighted by Crippen LogP contribution is -2.49. The normalized spacial score (nSPS) is 12.6. The Morgan fingerprint density at radius 2 is 1.68 bits per heavy atom. The minimum absolute atomic E-state index is 0.406. The molecule has 0 aliphatic heterocycles. The molecule has 142 valence electrons. The molecule has 0 unspecified atom stereocenters. The zero-order valence-electron chi connectivity index (χ0n) is 16.7. The second-order valence-corrected chi connectivity index (χ2v) is 8.21. The Balaban J connectivity index is 1.72. The Morgan fingerprint density at radius 3 is 2.39 bits per heavy atom. The van der Waals surface area contributed by atoms with Gasteiger partial charge in [-0.15, -0.1) is 0 Å². The van der Waals surface area contributed by atoms with Crippen molar-refractivity contribution < 1.29 is 14.2 Å². The Bertz CT molecular complexity index is 1130. The number of aliphatic hydroxyl groups is 1. The molecule has 0 fully saturated rings. The monoisotopic (exact) mass is 373 g/mol. The number of nitrogens with zero attached hydrogens (tertiary/aromatic N) is 1. The van der Waals surface area contributed by atoms with Gasteiger partial charge in [-0.2, -0.15) is 0 Å². The zero-order chi connectivity index (χ0) is 19.9. The van der Waals surface area contributed by atoms with E-state index in [2.05, 4.69) is 23.2 Å². The molecule has 5 heteroatoms. The Hall–Kier alpha value is -2.63. The van der Waals surface area contributed by atoms with Crippen LogP contribution in [0, 0.1) is 0 Å². The van der Waals surface area contributed by atoms with Gasteiger partial charge in [-0.1, -0.05) is 47.9 Å². The molecule has 0 aliphatic rings. The van der Waals surface area contributed by atoms with Crippen molar-refractivity contribution in [3.63, 3.8) is 0 Å². The molecule has 0 saturated heterocycles. The fourth-order valence-electron chi connectivity index (χ4n) is 2.99. The molecule has 0 saturated carbocycles. The minimum Gasteiger partial charge on any atom is -0.435 e. The van der Waals surface area contributed by atoms with Crippen molar-refractivity contribution in [2.24, 2.45) is 0 Å². The highest BCUT2D eigenvalue weighted by Crippen LogP contribution is 2.30. The fraction of sp³-hybridized carbons (Fsp3) is 0.261. The molecule has 3 aromatic carbocycles. The summed E-state index contributed by atoms with van der Waals surface area (Å²) in [5, 5.41) is 12.4. The maximum atomic E-state index is 10.3. The molecule has 1 N–H and O–H groups in total. The average molecular weight is 373 g/mol. The highest BCUT2D eigenvalue weighted by molar-refractivity contribution is 6.47. The van der Waals surface area contributed by atoms with E-state index in [0.29, 0.717) is 13.4 Å². The molecule has 1 heterocycles. The highest BCUT2D eigenvalue weighted by Gasteiger charge is 2.35. The Morgan fingerprint density at radius 1 is 0.964 bits per heavy atom. The SMILES string of the molecule is CC(C)(O)C(C)(C)OBc1ccc2ccc3nc(-c4ccccc4)oc3c2c1. The summed E-state index contributed by atoms with van der Waals surface area (Å²) in [6.07, 6.45) is 0. The molecule has 0 aliphatic carbocycles. The lowest BCUT2D eigenvalue weighted by Gasteiger charge is -2.37. The van der Waals surface area contributed by atoms with E-state index in [1.165, 1.54) is 0 Å². The van der Waals surface area contributed by atoms with E-state index in [1.54, 1.807) is 13.8 Å². The number of hydrogen-bond acceptors (Lipinski definition) is 4. The second kappa shape index (κ2) is 6.76. The summed E-state index contributed by atoms with van der Waals surface area (Å²) in [4.78, 5) is 4.65. The predicted octanol–water partition coefficient (Wildman–Crippen LogP) is 4.19. The van der Waals surface area contributed by atoms with Gasteiger partial charge in [0, 0.05) is 10.9 Å². The minimum atomic E-state index is -0.938. The van der Waals surface area contributed by atoms with E-state index < -0.39 is 11.2 Å². The first kappa shape index (κ1) is 18.7. The molecule has 0 spiro atoms. The summed E-state index contributed by atoms with van der Waals surface area (Å²) in [6, 6.07) is 20.1. The van der Waals surface area contributed by atoms with Crippen molar-refractivity contribution in [2.45, 2.75) is 38.9 Å². The van der Waals surface area contributed by atoms with E-state index in [-0.39, 0.29) is 0 Å². The van der Waals surface area contributed by atoms with Crippen molar-refractivity contribution in [3.8, 4) is 11.5 Å². The number of fused-ring (bicyclic) bond motifs is 3. The summed E-state index contributed by atoms with van der Waals surface area (Å²) in [7, 11) is 0.406. The van der Waals surface area contributed by atoms with Gasteiger partial charge in [0.15, 0.2) is 5.58 Å². The first-order valence-electron chi connectivity index (χ1n) is 9.48. The van der Waals surface area contributed by atoms with Crippen LogP contribution in [0.2, 0.25) is 0 Å². The van der Waals surface area contributed by atoms with Crippen molar-refractivity contribution >= 4 is 34.8 Å². The highest BCUT2D eigenvalue weighted by atomic mass is 16.5. The number of hydrogen-bond donors (Lipinski definition) is 1. The van der Waals surface area contributed by atoms with Crippen LogP contribution in [0.1, 0.15) is 27.7 Å². The van der Waals surface area contributed by atoms with E-state index in [4.69, 9.17) is 9.07 Å². The topological polar surface area (TPSA) is 55.5 Å². The van der Waals surface area contributed by atoms with Gasteiger partial charge in [-0.3, -0.25) is 0 Å². The van der Waals surface area contributed by atoms with Gasteiger partial charge in [-0.05, 0) is 51.3 Å². The maximum absolute atomic E-state index is 10.3. The van der Waals surface area contributed by atoms with Crippen LogP contribution < -0.4 is 5.46 Å². The summed E-state index contributed by atoms with van der Waals surface area (Å²) in [5.74, 6) is 0.618. The standard InChI is InChI=1S/C23H24BNO3/c1-22(2,26)23(3,4)28-24-17-12-10-15-11-13-19-20(18(15)14-17)27-21(25-19)16-8-6-5-7-9-16/h5-14,24,26H,1-4H3. The van der Waals surface area contributed by atoms with Crippen LogP contribution in [-0.2, 0) is 4.65 Å². The van der Waals surface area contributed by atoms with E-state index in [9.17, 15) is 5.11 Å². The Kier molecular flexibility index (Phi) is 4.52. The van der Waals surface area contributed by atoms with E-state index in [1.807, 2.05) is 56.3 Å². The van der Waals surface area contributed by atoms with Gasteiger partial charge in [-0.25, -0.2) is 4.98 Å². The Labute approximate surface area is 165 Å². The third-order valence-electron chi connectivity index (χ3n) is 5.53. The summed E-state index contributed by atoms with van der Waals surface area (Å²) < 4.78 is 12.1.